The molecule has 26 heavy (non-hydrogen) atoms. The Balaban J connectivity index is 1.84. The van der Waals surface area contributed by atoms with Crippen LogP contribution in [0.2, 0.25) is 0 Å². The van der Waals surface area contributed by atoms with E-state index in [2.05, 4.69) is 20.4 Å². The number of hydrogen-bond acceptors (Lipinski definition) is 4. The van der Waals surface area contributed by atoms with E-state index in [1.807, 2.05) is 30.3 Å². The van der Waals surface area contributed by atoms with Crippen molar-refractivity contribution in [2.75, 3.05) is 5.32 Å². The summed E-state index contributed by atoms with van der Waals surface area (Å²) in [5.74, 6) is -0.546. The van der Waals surface area contributed by atoms with E-state index in [0.717, 1.165) is 10.1 Å². The van der Waals surface area contributed by atoms with E-state index in [4.69, 9.17) is 0 Å². The second kappa shape index (κ2) is 6.17. The largest absolute Gasteiger partial charge is 0.338 e. The highest BCUT2D eigenvalue weighted by molar-refractivity contribution is 6.04. The zero-order valence-corrected chi connectivity index (χ0v) is 13.4. The minimum atomic E-state index is -0.590. The fourth-order valence-electron chi connectivity index (χ4n) is 2.63. The minimum Gasteiger partial charge on any atom is -0.338 e. The molecule has 0 fully saturated rings. The number of carbonyl (C=O) groups is 1. The van der Waals surface area contributed by atoms with Gasteiger partial charge in [-0.05, 0) is 17.7 Å². The monoisotopic (exact) mass is 347 g/mol. The Labute approximate surface area is 146 Å². The number of anilines is 1. The SMILES string of the molecule is O=C(Nc1c(=O)[nH]n2c(=O)cc(-c3ccccc3)[nH]c12)c1ccccn1. The number of H-pyrrole nitrogens is 2. The van der Waals surface area contributed by atoms with E-state index in [1.165, 1.54) is 18.3 Å². The maximum absolute atomic E-state index is 12.3. The predicted molar refractivity (Wildman–Crippen MR) is 96.3 cm³/mol. The first-order chi connectivity index (χ1) is 12.6. The number of nitrogens with one attached hydrogen (secondary N) is 3. The molecule has 8 heteroatoms. The number of nitrogens with zero attached hydrogens (tertiary/aromatic N) is 2. The van der Waals surface area contributed by atoms with Gasteiger partial charge in [-0.15, -0.1) is 0 Å². The van der Waals surface area contributed by atoms with Gasteiger partial charge in [0.15, 0.2) is 11.3 Å². The second-order valence-corrected chi connectivity index (χ2v) is 5.56. The number of rotatable bonds is 3. The van der Waals surface area contributed by atoms with Crippen molar-refractivity contribution in [2.45, 2.75) is 0 Å². The molecule has 0 aliphatic heterocycles. The molecule has 0 unspecified atom stereocenters. The van der Waals surface area contributed by atoms with Crippen molar-refractivity contribution in [3.8, 4) is 11.3 Å². The third kappa shape index (κ3) is 2.69. The predicted octanol–water partition coefficient (Wildman–Crippen LogP) is 1.63. The lowest BCUT2D eigenvalue weighted by molar-refractivity contribution is 0.102. The van der Waals surface area contributed by atoms with Crippen LogP contribution in [0.1, 0.15) is 10.5 Å². The summed E-state index contributed by atoms with van der Waals surface area (Å²) in [7, 11) is 0. The summed E-state index contributed by atoms with van der Waals surface area (Å²) < 4.78 is 1.06. The van der Waals surface area contributed by atoms with Crippen molar-refractivity contribution in [1.82, 2.24) is 19.6 Å². The molecule has 3 aromatic heterocycles. The van der Waals surface area contributed by atoms with Crippen molar-refractivity contribution in [3.63, 3.8) is 0 Å². The Hall–Kier alpha value is -3.94. The highest BCUT2D eigenvalue weighted by atomic mass is 16.2. The van der Waals surface area contributed by atoms with Gasteiger partial charge in [-0.3, -0.25) is 24.5 Å². The molecule has 0 spiro atoms. The average Bonchev–Trinajstić information content (AvgIpc) is 2.99. The van der Waals surface area contributed by atoms with E-state index >= 15 is 0 Å². The molecule has 0 radical (unpaired) electrons. The normalized spacial score (nSPS) is 10.8. The molecule has 8 nitrogen and oxygen atoms in total. The Morgan fingerprint density at radius 2 is 1.81 bits per heavy atom. The molecule has 0 aliphatic rings. The third-order valence-electron chi connectivity index (χ3n) is 3.86. The molecule has 128 valence electrons. The maximum atomic E-state index is 12.3. The molecular weight excluding hydrogens is 334 g/mol. The molecule has 1 amide bonds. The van der Waals surface area contributed by atoms with Gasteiger partial charge < -0.3 is 10.3 Å². The van der Waals surface area contributed by atoms with Gasteiger partial charge >= 0.3 is 0 Å². The summed E-state index contributed by atoms with van der Waals surface area (Å²) in [6.07, 6.45) is 1.48. The lowest BCUT2D eigenvalue weighted by atomic mass is 10.1. The van der Waals surface area contributed by atoms with Crippen molar-refractivity contribution in [2.24, 2.45) is 0 Å². The van der Waals surface area contributed by atoms with Crippen molar-refractivity contribution >= 4 is 17.2 Å². The Bertz CT molecular complexity index is 1210. The van der Waals surface area contributed by atoms with Crippen molar-refractivity contribution in [3.05, 3.63) is 87.2 Å². The van der Waals surface area contributed by atoms with Gasteiger partial charge in [0.05, 0.1) is 5.69 Å². The summed E-state index contributed by atoms with van der Waals surface area (Å²) in [5.41, 5.74) is 0.584. The van der Waals surface area contributed by atoms with Crippen molar-refractivity contribution in [1.29, 1.82) is 0 Å². The lowest BCUT2D eigenvalue weighted by Crippen LogP contribution is -2.18. The van der Waals surface area contributed by atoms with E-state index < -0.39 is 17.0 Å². The molecular formula is C18H13N5O3. The lowest BCUT2D eigenvalue weighted by Gasteiger charge is -2.05. The van der Waals surface area contributed by atoms with Crippen LogP contribution in [0.25, 0.3) is 16.9 Å². The third-order valence-corrected chi connectivity index (χ3v) is 3.86. The highest BCUT2D eigenvalue weighted by Gasteiger charge is 2.17. The number of fused-ring (bicyclic) bond motifs is 1. The van der Waals surface area contributed by atoms with Crippen LogP contribution >= 0.6 is 0 Å². The van der Waals surface area contributed by atoms with Crippen LogP contribution in [0.3, 0.4) is 0 Å². The topological polar surface area (TPSA) is 112 Å². The van der Waals surface area contributed by atoms with E-state index in [1.54, 1.807) is 12.1 Å². The maximum Gasteiger partial charge on any atom is 0.290 e. The van der Waals surface area contributed by atoms with Crippen LogP contribution in [0.15, 0.2) is 70.4 Å². The Morgan fingerprint density at radius 1 is 1.04 bits per heavy atom. The summed E-state index contributed by atoms with van der Waals surface area (Å²) >= 11 is 0. The zero-order chi connectivity index (χ0) is 18.1. The molecule has 4 rings (SSSR count). The summed E-state index contributed by atoms with van der Waals surface area (Å²) in [5, 5.41) is 4.93. The number of benzene rings is 1. The molecule has 0 saturated carbocycles. The molecule has 0 atom stereocenters. The fraction of sp³-hybridized carbons (Fsp3) is 0. The first-order valence-electron chi connectivity index (χ1n) is 7.79. The quantitative estimate of drug-likeness (QED) is 0.523. The number of carbonyl (C=O) groups excluding carboxylic acids is 1. The first-order valence-corrected chi connectivity index (χ1v) is 7.79. The van der Waals surface area contributed by atoms with E-state index in [-0.39, 0.29) is 17.0 Å². The van der Waals surface area contributed by atoms with Gasteiger partial charge in [0, 0.05) is 12.3 Å². The molecule has 0 bridgehead atoms. The zero-order valence-electron chi connectivity index (χ0n) is 13.4. The van der Waals surface area contributed by atoms with Gasteiger partial charge in [-0.25, -0.2) is 0 Å². The van der Waals surface area contributed by atoms with Crippen LogP contribution in [-0.2, 0) is 0 Å². The van der Waals surface area contributed by atoms with Crippen LogP contribution in [0.5, 0.6) is 0 Å². The second-order valence-electron chi connectivity index (χ2n) is 5.56. The van der Waals surface area contributed by atoms with Gasteiger partial charge in [-0.2, -0.15) is 4.52 Å². The van der Waals surface area contributed by atoms with Crippen LogP contribution in [0.4, 0.5) is 5.69 Å². The van der Waals surface area contributed by atoms with Gasteiger partial charge in [-0.1, -0.05) is 36.4 Å². The van der Waals surface area contributed by atoms with E-state index in [9.17, 15) is 14.4 Å². The first kappa shape index (κ1) is 15.6. The van der Waals surface area contributed by atoms with Gasteiger partial charge in [0.25, 0.3) is 17.0 Å². The number of hydrogen-bond donors (Lipinski definition) is 3. The summed E-state index contributed by atoms with van der Waals surface area (Å²) in [6.45, 7) is 0. The summed E-state index contributed by atoms with van der Waals surface area (Å²) in [6, 6.07) is 15.5. The molecule has 0 aliphatic carbocycles. The number of aromatic nitrogens is 4. The van der Waals surface area contributed by atoms with Crippen molar-refractivity contribution < 1.29 is 4.79 Å². The van der Waals surface area contributed by atoms with Crippen LogP contribution < -0.4 is 16.4 Å². The Morgan fingerprint density at radius 3 is 2.54 bits per heavy atom. The summed E-state index contributed by atoms with van der Waals surface area (Å²) in [4.78, 5) is 43.9. The number of pyridine rings is 1. The standard InChI is InChI=1S/C18H13N5O3/c24-14-10-13(11-6-2-1-3-7-11)20-16-15(18(26)22-23(14)16)21-17(25)12-8-4-5-9-19-12/h1-10,20H,(H,21,25)(H,22,26). The van der Waals surface area contributed by atoms with Crippen LogP contribution in [-0.4, -0.2) is 25.5 Å². The van der Waals surface area contributed by atoms with Crippen LogP contribution in [0, 0.1) is 0 Å². The number of aromatic amines is 2. The smallest absolute Gasteiger partial charge is 0.290 e. The molecule has 0 saturated heterocycles. The van der Waals surface area contributed by atoms with E-state index in [0.29, 0.717) is 5.69 Å². The fourth-order valence-corrected chi connectivity index (χ4v) is 2.63. The molecule has 1 aromatic carbocycles. The molecule has 3 heterocycles. The van der Waals surface area contributed by atoms with Gasteiger partial charge in [0.1, 0.15) is 5.69 Å². The molecule has 4 aromatic rings. The molecule has 3 N–H and O–H groups in total. The minimum absolute atomic E-state index is 0.0458. The number of amides is 1. The van der Waals surface area contributed by atoms with Gasteiger partial charge in [0.2, 0.25) is 0 Å². The Kier molecular flexibility index (Phi) is 3.70. The average molecular weight is 347 g/mol. The highest BCUT2D eigenvalue weighted by Crippen LogP contribution is 2.17.